The van der Waals surface area contributed by atoms with Crippen LogP contribution in [0.3, 0.4) is 0 Å². The van der Waals surface area contributed by atoms with E-state index in [4.69, 9.17) is 28.4 Å². The van der Waals surface area contributed by atoms with Crippen molar-refractivity contribution in [3.8, 4) is 11.1 Å². The molecule has 0 aliphatic rings. The number of benzene rings is 2. The number of carbonyl (C=O) groups excluding carboxylic acids is 6. The predicted molar refractivity (Wildman–Crippen MR) is 246 cm³/mol. The van der Waals surface area contributed by atoms with Crippen LogP contribution in [0.25, 0.3) is 11.1 Å². The molecule has 0 aliphatic heterocycles. The van der Waals surface area contributed by atoms with Crippen LogP contribution in [0.2, 0.25) is 0 Å². The Labute approximate surface area is 382 Å². The number of amides is 2. The Morgan fingerprint density at radius 2 is 0.797 bits per heavy atom. The standard InChI is InChI=1S/C50H76N2O12/c1-15-17-29-59-31-27-51(45(57)63-49(9,10)11)41(47(3,4)5)43(55)61-33-39(53)37-23-19-35(20-24-37)36-21-25-38(26-22-36)40(54)34-62-44(56)42(48(6,7)8)52(28-32-60-30-18-16-2)46(58)64-50(12,13)14/h19-26,41-42H,15-18,27-34H2,1-14H3/t41-,42-/m1/s1. The monoisotopic (exact) mass is 897 g/mol. The van der Waals surface area contributed by atoms with E-state index in [-0.39, 0.29) is 26.3 Å². The summed E-state index contributed by atoms with van der Waals surface area (Å²) < 4.78 is 33.8. The molecule has 0 spiro atoms. The maximum absolute atomic E-state index is 13.6. The van der Waals surface area contributed by atoms with Gasteiger partial charge in [0.25, 0.3) is 0 Å². The van der Waals surface area contributed by atoms with E-state index in [0.29, 0.717) is 24.3 Å². The molecule has 14 nitrogen and oxygen atoms in total. The molecule has 2 aromatic carbocycles. The van der Waals surface area contributed by atoms with Crippen molar-refractivity contribution in [3.05, 3.63) is 59.7 Å². The number of rotatable bonds is 23. The summed E-state index contributed by atoms with van der Waals surface area (Å²) in [7, 11) is 0. The number of ketones is 2. The number of ether oxygens (including phenoxy) is 6. The molecule has 0 saturated heterocycles. The Bertz CT molecular complexity index is 1680. The van der Waals surface area contributed by atoms with Crippen molar-refractivity contribution in [1.29, 1.82) is 0 Å². The Kier molecular flexibility index (Phi) is 21.6. The van der Waals surface area contributed by atoms with E-state index >= 15 is 0 Å². The molecule has 358 valence electrons. The maximum atomic E-state index is 13.6. The van der Waals surface area contributed by atoms with Gasteiger partial charge in [-0.15, -0.1) is 0 Å². The van der Waals surface area contributed by atoms with E-state index in [2.05, 4.69) is 13.8 Å². The number of hydrogen-bond acceptors (Lipinski definition) is 12. The number of Topliss-reactive ketones (excluding diaryl/α,β-unsaturated/α-hetero) is 2. The van der Waals surface area contributed by atoms with Crippen LogP contribution in [0.4, 0.5) is 9.59 Å². The van der Waals surface area contributed by atoms with Crippen molar-refractivity contribution in [1.82, 2.24) is 9.80 Å². The molecule has 0 unspecified atom stereocenters. The summed E-state index contributed by atoms with van der Waals surface area (Å²) >= 11 is 0. The van der Waals surface area contributed by atoms with Gasteiger partial charge in [-0.2, -0.15) is 0 Å². The fraction of sp³-hybridized carbons (Fsp3) is 0.640. The number of esters is 2. The minimum atomic E-state index is -1.06. The molecule has 0 bridgehead atoms. The largest absolute Gasteiger partial charge is 0.456 e. The molecule has 64 heavy (non-hydrogen) atoms. The molecule has 2 amide bonds. The Hall–Kier alpha value is -4.82. The molecule has 14 heteroatoms. The normalized spacial score (nSPS) is 13.0. The summed E-state index contributed by atoms with van der Waals surface area (Å²) in [5.74, 6) is -2.33. The highest BCUT2D eigenvalue weighted by Gasteiger charge is 2.43. The van der Waals surface area contributed by atoms with Gasteiger partial charge in [0.05, 0.1) is 13.2 Å². The van der Waals surface area contributed by atoms with Crippen LogP contribution in [0.15, 0.2) is 48.5 Å². The molecule has 0 aliphatic carbocycles. The summed E-state index contributed by atoms with van der Waals surface area (Å²) in [6, 6.07) is 11.3. The molecule has 0 radical (unpaired) electrons. The lowest BCUT2D eigenvalue weighted by Crippen LogP contribution is -2.55. The van der Waals surface area contributed by atoms with Crippen molar-refractivity contribution >= 4 is 35.7 Å². The van der Waals surface area contributed by atoms with Gasteiger partial charge in [0, 0.05) is 37.4 Å². The molecular weight excluding hydrogens is 821 g/mol. The van der Waals surface area contributed by atoms with Gasteiger partial charge in [-0.05, 0) is 76.3 Å². The van der Waals surface area contributed by atoms with Crippen LogP contribution in [0.1, 0.15) is 143 Å². The highest BCUT2D eigenvalue weighted by atomic mass is 16.6. The van der Waals surface area contributed by atoms with E-state index in [1.165, 1.54) is 9.80 Å². The fourth-order valence-corrected chi connectivity index (χ4v) is 6.51. The molecule has 0 fully saturated rings. The second kappa shape index (κ2) is 25.0. The molecular formula is C50H76N2O12. The molecule has 0 heterocycles. The number of nitrogens with zero attached hydrogens (tertiary/aromatic N) is 2. The van der Waals surface area contributed by atoms with E-state index in [1.54, 1.807) is 90.1 Å². The first-order valence-corrected chi connectivity index (χ1v) is 22.4. The summed E-state index contributed by atoms with van der Waals surface area (Å²) in [5, 5.41) is 0. The topological polar surface area (TPSA) is 164 Å². The second-order valence-corrected chi connectivity index (χ2v) is 20.0. The Morgan fingerprint density at radius 3 is 1.06 bits per heavy atom. The van der Waals surface area contributed by atoms with Gasteiger partial charge in [-0.3, -0.25) is 19.4 Å². The zero-order chi connectivity index (χ0) is 48.5. The number of hydrogen-bond donors (Lipinski definition) is 0. The van der Waals surface area contributed by atoms with Crippen molar-refractivity contribution in [2.75, 3.05) is 52.7 Å². The average Bonchev–Trinajstić information content (AvgIpc) is 3.18. The van der Waals surface area contributed by atoms with Gasteiger partial charge in [0.2, 0.25) is 0 Å². The summed E-state index contributed by atoms with van der Waals surface area (Å²) in [5.41, 5.74) is -1.00. The highest BCUT2D eigenvalue weighted by molar-refractivity contribution is 6.00. The number of unbranched alkanes of at least 4 members (excludes halogenated alkanes) is 2. The molecule has 2 aromatic rings. The third-order valence-electron chi connectivity index (χ3n) is 9.64. The van der Waals surface area contributed by atoms with Crippen molar-refractivity contribution in [2.45, 2.75) is 146 Å². The summed E-state index contributed by atoms with van der Waals surface area (Å²) in [6.45, 7) is 26.0. The average molecular weight is 897 g/mol. The Balaban J connectivity index is 2.14. The minimum Gasteiger partial charge on any atom is -0.456 e. The van der Waals surface area contributed by atoms with Crippen LogP contribution in [-0.4, -0.2) is 122 Å². The first-order chi connectivity index (χ1) is 29.7. The molecule has 0 saturated carbocycles. The van der Waals surface area contributed by atoms with Gasteiger partial charge < -0.3 is 28.4 Å². The lowest BCUT2D eigenvalue weighted by molar-refractivity contribution is -0.154. The number of carbonyl (C=O) groups is 6. The lowest BCUT2D eigenvalue weighted by atomic mass is 9.85. The van der Waals surface area contributed by atoms with E-state index in [9.17, 15) is 28.8 Å². The van der Waals surface area contributed by atoms with Gasteiger partial charge in [0.1, 0.15) is 23.3 Å². The molecule has 0 N–H and O–H groups in total. The van der Waals surface area contributed by atoms with E-state index in [0.717, 1.165) is 36.8 Å². The van der Waals surface area contributed by atoms with Crippen LogP contribution in [-0.2, 0) is 38.0 Å². The third-order valence-corrected chi connectivity index (χ3v) is 9.64. The summed E-state index contributed by atoms with van der Waals surface area (Å²) in [4.78, 5) is 83.2. The van der Waals surface area contributed by atoms with Crippen molar-refractivity contribution in [2.24, 2.45) is 10.8 Å². The van der Waals surface area contributed by atoms with Crippen LogP contribution in [0, 0.1) is 10.8 Å². The SMILES string of the molecule is CCCCOCCN(C(=O)OC(C)(C)C)[C@H](C(=O)OCC(=O)c1ccc(-c2ccc(C(=O)COC(=O)[C@@H](N(CCOCCCC)C(=O)OC(C)(C)C)C(C)(C)C)cc2)cc1)C(C)(C)C. The fourth-order valence-electron chi connectivity index (χ4n) is 6.51. The lowest BCUT2D eigenvalue weighted by Gasteiger charge is -2.38. The van der Waals surface area contributed by atoms with Crippen LogP contribution < -0.4 is 0 Å². The van der Waals surface area contributed by atoms with Crippen molar-refractivity contribution in [3.63, 3.8) is 0 Å². The molecule has 2 atom stereocenters. The van der Waals surface area contributed by atoms with E-state index in [1.807, 2.05) is 41.5 Å². The maximum Gasteiger partial charge on any atom is 0.411 e. The smallest absolute Gasteiger partial charge is 0.411 e. The third kappa shape index (κ3) is 19.1. The zero-order valence-corrected chi connectivity index (χ0v) is 41.1. The first-order valence-electron chi connectivity index (χ1n) is 22.4. The van der Waals surface area contributed by atoms with Gasteiger partial charge >= 0.3 is 24.1 Å². The van der Waals surface area contributed by atoms with E-state index < -0.39 is 83.0 Å². The van der Waals surface area contributed by atoms with Gasteiger partial charge in [0.15, 0.2) is 24.8 Å². The molecule has 2 rings (SSSR count). The summed E-state index contributed by atoms with van der Waals surface area (Å²) in [6.07, 6.45) is 2.28. The minimum absolute atomic E-state index is 0.0949. The van der Waals surface area contributed by atoms with Crippen LogP contribution in [0.5, 0.6) is 0 Å². The quantitative estimate of drug-likeness (QED) is 0.0450. The highest BCUT2D eigenvalue weighted by Crippen LogP contribution is 2.29. The van der Waals surface area contributed by atoms with Gasteiger partial charge in [-0.25, -0.2) is 19.2 Å². The first kappa shape index (κ1) is 55.3. The van der Waals surface area contributed by atoms with Gasteiger partial charge in [-0.1, -0.05) is 117 Å². The Morgan fingerprint density at radius 1 is 0.484 bits per heavy atom. The van der Waals surface area contributed by atoms with Crippen LogP contribution >= 0.6 is 0 Å². The van der Waals surface area contributed by atoms with Crippen molar-refractivity contribution < 1.29 is 57.2 Å². The zero-order valence-electron chi connectivity index (χ0n) is 41.1. The predicted octanol–water partition coefficient (Wildman–Crippen LogP) is 9.74. The molecule has 0 aromatic heterocycles. The second-order valence-electron chi connectivity index (χ2n) is 20.0.